The summed E-state index contributed by atoms with van der Waals surface area (Å²) < 4.78 is 11.1. The number of hydrogen-bond acceptors (Lipinski definition) is 4. The molecule has 0 unspecified atom stereocenters. The van der Waals surface area contributed by atoms with Crippen LogP contribution in [0, 0.1) is 0 Å². The summed E-state index contributed by atoms with van der Waals surface area (Å²) in [6.45, 7) is 1.13. The molecule has 2 rings (SSSR count). The first kappa shape index (κ1) is 8.34. The molecule has 4 heteroatoms. The SMILES string of the molecule is NNC[C@@H]1COc2ccccc2O1. The van der Waals surface area contributed by atoms with E-state index in [0.717, 1.165) is 11.5 Å². The number of ether oxygens (including phenoxy) is 2. The van der Waals surface area contributed by atoms with Crippen LogP contribution < -0.4 is 20.7 Å². The van der Waals surface area contributed by atoms with Gasteiger partial charge in [0.15, 0.2) is 11.5 Å². The highest BCUT2D eigenvalue weighted by Gasteiger charge is 2.19. The lowest BCUT2D eigenvalue weighted by Gasteiger charge is -2.25. The molecule has 0 aromatic heterocycles. The zero-order valence-electron chi connectivity index (χ0n) is 7.19. The Labute approximate surface area is 76.6 Å². The third kappa shape index (κ3) is 1.74. The van der Waals surface area contributed by atoms with Gasteiger partial charge in [0.1, 0.15) is 12.7 Å². The molecule has 1 aliphatic heterocycles. The first-order valence-corrected chi connectivity index (χ1v) is 4.22. The van der Waals surface area contributed by atoms with Gasteiger partial charge in [-0.1, -0.05) is 12.1 Å². The number of rotatable bonds is 2. The fourth-order valence-electron chi connectivity index (χ4n) is 1.30. The normalized spacial score (nSPS) is 19.9. The first-order valence-electron chi connectivity index (χ1n) is 4.22. The summed E-state index contributed by atoms with van der Waals surface area (Å²) in [5.74, 6) is 6.78. The molecule has 1 atom stereocenters. The Morgan fingerprint density at radius 1 is 1.38 bits per heavy atom. The maximum atomic E-state index is 5.60. The van der Waals surface area contributed by atoms with Crippen LogP contribution in [-0.4, -0.2) is 19.3 Å². The van der Waals surface area contributed by atoms with Gasteiger partial charge in [0, 0.05) is 0 Å². The summed E-state index contributed by atoms with van der Waals surface area (Å²) in [5, 5.41) is 0. The average Bonchev–Trinajstić information content (AvgIpc) is 2.18. The number of hydrogen-bond donors (Lipinski definition) is 2. The molecule has 4 nitrogen and oxygen atoms in total. The highest BCUT2D eigenvalue weighted by Crippen LogP contribution is 2.30. The number of nitrogens with two attached hydrogens (primary N) is 1. The van der Waals surface area contributed by atoms with Crippen LogP contribution in [-0.2, 0) is 0 Å². The fourth-order valence-corrected chi connectivity index (χ4v) is 1.30. The molecular weight excluding hydrogens is 168 g/mol. The van der Waals surface area contributed by atoms with Crippen molar-refractivity contribution in [3.8, 4) is 11.5 Å². The minimum atomic E-state index is -0.0000926. The van der Waals surface area contributed by atoms with Gasteiger partial charge in [0.05, 0.1) is 6.54 Å². The van der Waals surface area contributed by atoms with Crippen LogP contribution in [0.2, 0.25) is 0 Å². The standard InChI is InChI=1S/C9H12N2O2/c10-11-5-7-6-12-8-3-1-2-4-9(8)13-7/h1-4,7,11H,5-6,10H2/t7-/m1/s1. The molecule has 70 valence electrons. The molecule has 1 heterocycles. The summed E-state index contributed by atoms with van der Waals surface area (Å²) in [6, 6.07) is 7.61. The highest BCUT2D eigenvalue weighted by molar-refractivity contribution is 5.40. The lowest BCUT2D eigenvalue weighted by atomic mass is 10.2. The summed E-state index contributed by atoms with van der Waals surface area (Å²) in [6.07, 6.45) is -0.0000926. The Morgan fingerprint density at radius 2 is 2.15 bits per heavy atom. The van der Waals surface area contributed by atoms with Crippen LogP contribution >= 0.6 is 0 Å². The Hall–Kier alpha value is -1.26. The van der Waals surface area contributed by atoms with E-state index in [1.165, 1.54) is 0 Å². The van der Waals surface area contributed by atoms with Crippen molar-refractivity contribution in [1.29, 1.82) is 0 Å². The van der Waals surface area contributed by atoms with Crippen molar-refractivity contribution in [3.63, 3.8) is 0 Å². The molecule has 0 spiro atoms. The van der Waals surface area contributed by atoms with Crippen LogP contribution in [0.1, 0.15) is 0 Å². The first-order chi connectivity index (χ1) is 6.40. The topological polar surface area (TPSA) is 56.5 Å². The number of nitrogens with one attached hydrogen (secondary N) is 1. The molecule has 0 fully saturated rings. The maximum absolute atomic E-state index is 5.60. The average molecular weight is 180 g/mol. The van der Waals surface area contributed by atoms with Crippen LogP contribution in [0.15, 0.2) is 24.3 Å². The quantitative estimate of drug-likeness (QED) is 0.507. The monoisotopic (exact) mass is 180 g/mol. The van der Waals surface area contributed by atoms with E-state index in [9.17, 15) is 0 Å². The Morgan fingerprint density at radius 3 is 2.92 bits per heavy atom. The van der Waals surface area contributed by atoms with Gasteiger partial charge in [-0.3, -0.25) is 11.3 Å². The van der Waals surface area contributed by atoms with Crippen LogP contribution in [0.25, 0.3) is 0 Å². The van der Waals surface area contributed by atoms with Gasteiger partial charge in [0.2, 0.25) is 0 Å². The van der Waals surface area contributed by atoms with Crippen molar-refractivity contribution in [2.75, 3.05) is 13.2 Å². The van der Waals surface area contributed by atoms with E-state index in [2.05, 4.69) is 5.43 Å². The number of hydrazine groups is 1. The van der Waals surface area contributed by atoms with Crippen molar-refractivity contribution in [3.05, 3.63) is 24.3 Å². The second-order valence-electron chi connectivity index (χ2n) is 2.91. The van der Waals surface area contributed by atoms with E-state index in [0.29, 0.717) is 13.2 Å². The van der Waals surface area contributed by atoms with E-state index in [1.807, 2.05) is 24.3 Å². The second-order valence-corrected chi connectivity index (χ2v) is 2.91. The van der Waals surface area contributed by atoms with Gasteiger partial charge in [-0.15, -0.1) is 0 Å². The number of para-hydroxylation sites is 2. The largest absolute Gasteiger partial charge is 0.486 e. The van der Waals surface area contributed by atoms with E-state index >= 15 is 0 Å². The summed E-state index contributed by atoms with van der Waals surface area (Å²) in [4.78, 5) is 0. The smallest absolute Gasteiger partial charge is 0.161 e. The highest BCUT2D eigenvalue weighted by atomic mass is 16.6. The van der Waals surface area contributed by atoms with Crippen molar-refractivity contribution in [2.24, 2.45) is 5.84 Å². The molecule has 3 N–H and O–H groups in total. The van der Waals surface area contributed by atoms with E-state index in [4.69, 9.17) is 15.3 Å². The van der Waals surface area contributed by atoms with Gasteiger partial charge in [-0.2, -0.15) is 0 Å². The maximum Gasteiger partial charge on any atom is 0.161 e. The molecule has 1 aliphatic rings. The fraction of sp³-hybridized carbons (Fsp3) is 0.333. The van der Waals surface area contributed by atoms with Crippen LogP contribution in [0.5, 0.6) is 11.5 Å². The van der Waals surface area contributed by atoms with E-state index in [-0.39, 0.29) is 6.10 Å². The van der Waals surface area contributed by atoms with Gasteiger partial charge in [-0.05, 0) is 12.1 Å². The molecular formula is C9H12N2O2. The van der Waals surface area contributed by atoms with Gasteiger partial charge < -0.3 is 9.47 Å². The van der Waals surface area contributed by atoms with Gasteiger partial charge >= 0.3 is 0 Å². The van der Waals surface area contributed by atoms with E-state index in [1.54, 1.807) is 0 Å². The Kier molecular flexibility index (Phi) is 2.33. The minimum Gasteiger partial charge on any atom is -0.486 e. The molecule has 1 aromatic carbocycles. The molecule has 0 radical (unpaired) electrons. The lowest BCUT2D eigenvalue weighted by Crippen LogP contribution is -2.41. The summed E-state index contributed by atoms with van der Waals surface area (Å²) in [5.41, 5.74) is 2.56. The van der Waals surface area contributed by atoms with Crippen molar-refractivity contribution >= 4 is 0 Å². The van der Waals surface area contributed by atoms with Gasteiger partial charge in [0.25, 0.3) is 0 Å². The number of fused-ring (bicyclic) bond motifs is 1. The van der Waals surface area contributed by atoms with Crippen molar-refractivity contribution in [1.82, 2.24) is 5.43 Å². The molecule has 0 amide bonds. The zero-order valence-corrected chi connectivity index (χ0v) is 7.19. The van der Waals surface area contributed by atoms with E-state index < -0.39 is 0 Å². The summed E-state index contributed by atoms with van der Waals surface area (Å²) in [7, 11) is 0. The number of benzene rings is 1. The molecule has 13 heavy (non-hydrogen) atoms. The molecule has 0 bridgehead atoms. The Bertz CT molecular complexity index is 291. The predicted octanol–water partition coefficient (Wildman–Crippen LogP) is 0.290. The predicted molar refractivity (Wildman–Crippen MR) is 48.5 cm³/mol. The van der Waals surface area contributed by atoms with Crippen LogP contribution in [0.4, 0.5) is 0 Å². The van der Waals surface area contributed by atoms with Crippen molar-refractivity contribution in [2.45, 2.75) is 6.10 Å². The van der Waals surface area contributed by atoms with Crippen LogP contribution in [0.3, 0.4) is 0 Å². The molecule has 0 saturated heterocycles. The lowest BCUT2D eigenvalue weighted by molar-refractivity contribution is 0.0906. The Balaban J connectivity index is 2.11. The van der Waals surface area contributed by atoms with Crippen molar-refractivity contribution < 1.29 is 9.47 Å². The molecule has 0 aliphatic carbocycles. The summed E-state index contributed by atoms with van der Waals surface area (Å²) >= 11 is 0. The second kappa shape index (κ2) is 3.64. The zero-order chi connectivity index (χ0) is 9.10. The molecule has 0 saturated carbocycles. The third-order valence-electron chi connectivity index (χ3n) is 1.91. The third-order valence-corrected chi connectivity index (χ3v) is 1.91. The molecule has 1 aromatic rings. The minimum absolute atomic E-state index is 0.0000926. The van der Waals surface area contributed by atoms with Gasteiger partial charge in [-0.25, -0.2) is 0 Å².